The van der Waals surface area contributed by atoms with E-state index in [1.54, 1.807) is 18.2 Å². The lowest BCUT2D eigenvalue weighted by atomic mass is 9.87. The Morgan fingerprint density at radius 2 is 2.00 bits per heavy atom. The first-order valence-corrected chi connectivity index (χ1v) is 12.0. The molecule has 0 saturated heterocycles. The largest absolute Gasteiger partial charge is 0.486 e. The number of furan rings is 1. The van der Waals surface area contributed by atoms with Gasteiger partial charge in [0.1, 0.15) is 23.9 Å². The molecule has 1 N–H and O–H groups in total. The number of halogens is 1. The molecule has 0 aliphatic carbocycles. The molecular formula is C28H31FN2O4. The average molecular weight is 479 g/mol. The van der Waals surface area contributed by atoms with Gasteiger partial charge in [-0.3, -0.25) is 9.59 Å². The van der Waals surface area contributed by atoms with Crippen LogP contribution < -0.4 is 10.1 Å². The van der Waals surface area contributed by atoms with Gasteiger partial charge in [0.15, 0.2) is 5.76 Å². The second kappa shape index (κ2) is 10.8. The number of nitrogens with zero attached hydrogens (tertiary/aromatic N) is 1. The van der Waals surface area contributed by atoms with Gasteiger partial charge < -0.3 is 19.4 Å². The highest BCUT2D eigenvalue weighted by atomic mass is 19.1. The zero-order chi connectivity index (χ0) is 24.9. The minimum atomic E-state index is -0.391. The van der Waals surface area contributed by atoms with Crippen LogP contribution in [-0.2, 0) is 17.8 Å². The Balaban J connectivity index is 1.60. The Morgan fingerprint density at radius 1 is 1.17 bits per heavy atom. The zero-order valence-corrected chi connectivity index (χ0v) is 20.3. The molecule has 0 fully saturated rings. The summed E-state index contributed by atoms with van der Waals surface area (Å²) in [4.78, 5) is 26.9. The topological polar surface area (TPSA) is 71.8 Å². The highest BCUT2D eigenvalue weighted by Crippen LogP contribution is 2.38. The number of hydrogen-bond donors (Lipinski definition) is 1. The Hall–Kier alpha value is -3.61. The molecule has 2 heterocycles. The van der Waals surface area contributed by atoms with E-state index in [2.05, 4.69) is 5.32 Å². The lowest BCUT2D eigenvalue weighted by Crippen LogP contribution is -2.41. The van der Waals surface area contributed by atoms with E-state index < -0.39 is 6.04 Å². The second-order valence-corrected chi connectivity index (χ2v) is 9.17. The summed E-state index contributed by atoms with van der Waals surface area (Å²) in [7, 11) is 0. The highest BCUT2D eigenvalue weighted by molar-refractivity contribution is 5.91. The summed E-state index contributed by atoms with van der Waals surface area (Å²) in [5, 5.41) is 2.70. The molecule has 35 heavy (non-hydrogen) atoms. The van der Waals surface area contributed by atoms with Crippen LogP contribution in [0.5, 0.6) is 5.75 Å². The van der Waals surface area contributed by atoms with Gasteiger partial charge in [-0.1, -0.05) is 32.0 Å². The molecule has 1 aliphatic heterocycles. The summed E-state index contributed by atoms with van der Waals surface area (Å²) in [5.74, 6) is 1.06. The summed E-state index contributed by atoms with van der Waals surface area (Å²) < 4.78 is 25.7. The molecule has 6 nitrogen and oxygen atoms in total. The first-order chi connectivity index (χ1) is 16.9. The number of benzene rings is 2. The van der Waals surface area contributed by atoms with Gasteiger partial charge in [0.2, 0.25) is 5.91 Å². The molecule has 4 rings (SSSR count). The fraction of sp³-hybridized carbons (Fsp3) is 0.357. The van der Waals surface area contributed by atoms with Gasteiger partial charge in [0.05, 0.1) is 6.04 Å². The monoisotopic (exact) mass is 478 g/mol. The molecule has 1 atom stereocenters. The van der Waals surface area contributed by atoms with Crippen molar-refractivity contribution in [3.8, 4) is 5.75 Å². The molecule has 1 aromatic heterocycles. The van der Waals surface area contributed by atoms with Crippen molar-refractivity contribution in [2.45, 2.75) is 46.3 Å². The van der Waals surface area contributed by atoms with Crippen LogP contribution in [0.1, 0.15) is 66.2 Å². The summed E-state index contributed by atoms with van der Waals surface area (Å²) in [6.45, 7) is 7.13. The van der Waals surface area contributed by atoms with E-state index in [1.165, 1.54) is 12.1 Å². The zero-order valence-electron chi connectivity index (χ0n) is 20.3. The van der Waals surface area contributed by atoms with E-state index in [4.69, 9.17) is 9.15 Å². The van der Waals surface area contributed by atoms with Crippen molar-refractivity contribution in [1.29, 1.82) is 0 Å². The average Bonchev–Trinajstić information content (AvgIpc) is 3.31. The molecule has 184 valence electrons. The molecule has 7 heteroatoms. The quantitative estimate of drug-likeness (QED) is 0.479. The van der Waals surface area contributed by atoms with Gasteiger partial charge >= 0.3 is 0 Å². The molecule has 3 aromatic rings. The number of hydrogen-bond acceptors (Lipinski definition) is 4. The van der Waals surface area contributed by atoms with E-state index in [1.807, 2.05) is 49.9 Å². The minimum absolute atomic E-state index is 0.0553. The molecule has 0 radical (unpaired) electrons. The molecule has 2 aromatic carbocycles. The third-order valence-electron chi connectivity index (χ3n) is 6.02. The van der Waals surface area contributed by atoms with Crippen molar-refractivity contribution < 1.29 is 23.1 Å². The lowest BCUT2D eigenvalue weighted by Gasteiger charge is -2.38. The van der Waals surface area contributed by atoms with Crippen LogP contribution in [0, 0.1) is 11.7 Å². The highest BCUT2D eigenvalue weighted by Gasteiger charge is 2.32. The maximum Gasteiger partial charge on any atom is 0.286 e. The molecule has 2 amide bonds. The first-order valence-electron chi connectivity index (χ1n) is 12.0. The fourth-order valence-electron chi connectivity index (χ4n) is 4.43. The van der Waals surface area contributed by atoms with E-state index in [0.29, 0.717) is 31.0 Å². The molecule has 0 bridgehead atoms. The van der Waals surface area contributed by atoms with Crippen LogP contribution in [0.25, 0.3) is 0 Å². The number of carbonyl (C=O) groups is 2. The number of amides is 2. The fourth-order valence-corrected chi connectivity index (χ4v) is 4.43. The maximum absolute atomic E-state index is 14.2. The Bertz CT molecular complexity index is 1200. The summed E-state index contributed by atoms with van der Waals surface area (Å²) in [6.07, 6.45) is 1.16. The standard InChI is InChI=1S/C28H31FN2O4/c1-4-30-28(33)25-11-10-23(35-25)17-34-22-9-8-19-12-13-31(26(32)14-18(2)3)27(24(19)16-22)20-6-5-7-21(29)15-20/h5-11,15-16,18,27H,4,12-14,17H2,1-3H3,(H,30,33). The molecule has 0 saturated carbocycles. The van der Waals surface area contributed by atoms with Crippen molar-refractivity contribution in [2.24, 2.45) is 5.92 Å². The smallest absolute Gasteiger partial charge is 0.286 e. The van der Waals surface area contributed by atoms with Crippen molar-refractivity contribution in [2.75, 3.05) is 13.1 Å². The minimum Gasteiger partial charge on any atom is -0.486 e. The normalized spacial score (nSPS) is 15.1. The lowest BCUT2D eigenvalue weighted by molar-refractivity contribution is -0.134. The Labute approximate surface area is 205 Å². The van der Waals surface area contributed by atoms with Crippen LogP contribution >= 0.6 is 0 Å². The molecule has 1 unspecified atom stereocenters. The van der Waals surface area contributed by atoms with Crippen molar-refractivity contribution in [3.63, 3.8) is 0 Å². The van der Waals surface area contributed by atoms with Gasteiger partial charge in [-0.05, 0) is 72.4 Å². The third-order valence-corrected chi connectivity index (χ3v) is 6.02. The third kappa shape index (κ3) is 5.73. The van der Waals surface area contributed by atoms with Crippen molar-refractivity contribution in [1.82, 2.24) is 10.2 Å². The SMILES string of the molecule is CCNC(=O)c1ccc(COc2ccc3c(c2)C(c2cccc(F)c2)N(C(=O)CC(C)C)CC3)o1. The predicted molar refractivity (Wildman–Crippen MR) is 131 cm³/mol. The van der Waals surface area contributed by atoms with E-state index in [0.717, 1.165) is 23.1 Å². The molecule has 0 spiro atoms. The number of fused-ring (bicyclic) bond motifs is 1. The summed E-state index contributed by atoms with van der Waals surface area (Å²) in [6, 6.07) is 15.2. The van der Waals surface area contributed by atoms with Crippen LogP contribution in [0.2, 0.25) is 0 Å². The van der Waals surface area contributed by atoms with E-state index >= 15 is 0 Å². The molecule has 1 aliphatic rings. The van der Waals surface area contributed by atoms with Crippen molar-refractivity contribution in [3.05, 3.63) is 88.6 Å². The van der Waals surface area contributed by atoms with Gasteiger partial charge in [-0.15, -0.1) is 0 Å². The first kappa shape index (κ1) is 24.5. The van der Waals surface area contributed by atoms with Crippen LogP contribution in [-0.4, -0.2) is 29.8 Å². The summed E-state index contributed by atoms with van der Waals surface area (Å²) in [5.41, 5.74) is 2.77. The van der Waals surface area contributed by atoms with Crippen LogP contribution in [0.3, 0.4) is 0 Å². The Morgan fingerprint density at radius 3 is 2.74 bits per heavy atom. The molecular weight excluding hydrogens is 447 g/mol. The Kier molecular flexibility index (Phi) is 7.54. The number of ether oxygens (including phenoxy) is 1. The number of nitrogens with one attached hydrogen (secondary N) is 1. The van der Waals surface area contributed by atoms with Gasteiger partial charge in [-0.2, -0.15) is 0 Å². The van der Waals surface area contributed by atoms with Crippen LogP contribution in [0.4, 0.5) is 4.39 Å². The van der Waals surface area contributed by atoms with Crippen molar-refractivity contribution >= 4 is 11.8 Å². The second-order valence-electron chi connectivity index (χ2n) is 9.17. The van der Waals surface area contributed by atoms with E-state index in [9.17, 15) is 14.0 Å². The van der Waals surface area contributed by atoms with E-state index in [-0.39, 0.29) is 35.9 Å². The van der Waals surface area contributed by atoms with Gasteiger partial charge in [-0.25, -0.2) is 4.39 Å². The predicted octanol–water partition coefficient (Wildman–Crippen LogP) is 5.27. The maximum atomic E-state index is 14.2. The van der Waals surface area contributed by atoms with Gasteiger partial charge in [0.25, 0.3) is 5.91 Å². The summed E-state index contributed by atoms with van der Waals surface area (Å²) >= 11 is 0. The number of carbonyl (C=O) groups excluding carboxylic acids is 2. The number of rotatable bonds is 8. The van der Waals surface area contributed by atoms with Gasteiger partial charge in [0, 0.05) is 19.5 Å². The van der Waals surface area contributed by atoms with Crippen LogP contribution in [0.15, 0.2) is 59.0 Å².